The molecule has 0 aliphatic carbocycles. The number of rotatable bonds is 4. The molecule has 1 unspecified atom stereocenters. The number of nitrogens with zero attached hydrogens (tertiary/aromatic N) is 2. The molecule has 0 bridgehead atoms. The number of thiophene rings is 1. The van der Waals surface area contributed by atoms with E-state index < -0.39 is 44.9 Å². The standard InChI is InChI=1S/C18H15F3N2O4S2/c1-17(2)10-23(29(25,26)14-5-4-8-28-14)16(24)15(17)27-11-6-7-13(22-3)12(9-11)18(19,20)21/h4-9,15H,10H2,1-2H3. The average molecular weight is 444 g/mol. The molecule has 3 rings (SSSR count). The van der Waals surface area contributed by atoms with Crippen LogP contribution in [0.1, 0.15) is 19.4 Å². The molecule has 1 amide bonds. The minimum Gasteiger partial charge on any atom is -0.480 e. The Morgan fingerprint density at radius 2 is 2.00 bits per heavy atom. The summed E-state index contributed by atoms with van der Waals surface area (Å²) >= 11 is 0.957. The highest BCUT2D eigenvalue weighted by Crippen LogP contribution is 2.41. The van der Waals surface area contributed by atoms with Crippen LogP contribution in [0.4, 0.5) is 18.9 Å². The molecule has 0 N–H and O–H groups in total. The molecule has 1 atom stereocenters. The van der Waals surface area contributed by atoms with Gasteiger partial charge in [-0.25, -0.2) is 17.6 Å². The Bertz CT molecular complexity index is 1090. The van der Waals surface area contributed by atoms with Crippen LogP contribution >= 0.6 is 11.3 Å². The van der Waals surface area contributed by atoms with Gasteiger partial charge in [-0.3, -0.25) is 4.79 Å². The SMILES string of the molecule is [C-]#[N+]c1ccc(OC2C(=O)N(S(=O)(=O)c3cccs3)CC2(C)C)cc1C(F)(F)F. The molecule has 2 aromatic rings. The Morgan fingerprint density at radius 1 is 1.31 bits per heavy atom. The van der Waals surface area contributed by atoms with Gasteiger partial charge < -0.3 is 4.74 Å². The molecule has 1 aliphatic heterocycles. The molecule has 1 aromatic carbocycles. The van der Waals surface area contributed by atoms with Gasteiger partial charge in [0.15, 0.2) is 11.8 Å². The summed E-state index contributed by atoms with van der Waals surface area (Å²) in [7, 11) is -4.08. The Kier molecular flexibility index (Phi) is 5.13. The summed E-state index contributed by atoms with van der Waals surface area (Å²) < 4.78 is 71.2. The van der Waals surface area contributed by atoms with E-state index in [1.54, 1.807) is 19.2 Å². The summed E-state index contributed by atoms with van der Waals surface area (Å²) in [6.45, 7) is 9.89. The maximum absolute atomic E-state index is 13.2. The third-order valence-electron chi connectivity index (χ3n) is 4.42. The summed E-state index contributed by atoms with van der Waals surface area (Å²) in [5, 5.41) is 1.56. The second-order valence-corrected chi connectivity index (χ2v) is 10.1. The maximum Gasteiger partial charge on any atom is 0.407 e. The average Bonchev–Trinajstić information content (AvgIpc) is 3.24. The summed E-state index contributed by atoms with van der Waals surface area (Å²) in [6.07, 6.45) is -6.08. The molecule has 0 saturated carbocycles. The van der Waals surface area contributed by atoms with Crippen LogP contribution in [0.2, 0.25) is 0 Å². The number of carbonyl (C=O) groups excluding carboxylic acids is 1. The van der Waals surface area contributed by atoms with E-state index in [-0.39, 0.29) is 16.5 Å². The Labute approximate surface area is 169 Å². The van der Waals surface area contributed by atoms with Gasteiger partial charge in [-0.2, -0.15) is 13.2 Å². The molecular weight excluding hydrogens is 429 g/mol. The Hall–Kier alpha value is -2.58. The van der Waals surface area contributed by atoms with Crippen molar-refractivity contribution in [2.75, 3.05) is 6.54 Å². The normalized spacial score (nSPS) is 19.2. The Morgan fingerprint density at radius 3 is 2.55 bits per heavy atom. The monoisotopic (exact) mass is 444 g/mol. The second kappa shape index (κ2) is 7.03. The van der Waals surface area contributed by atoms with Gasteiger partial charge in [0.1, 0.15) is 9.96 Å². The van der Waals surface area contributed by atoms with E-state index >= 15 is 0 Å². The topological polar surface area (TPSA) is 68.0 Å². The van der Waals surface area contributed by atoms with Crippen molar-refractivity contribution in [3.05, 3.63) is 52.7 Å². The molecule has 1 aliphatic rings. The van der Waals surface area contributed by atoms with Gasteiger partial charge in [-0.1, -0.05) is 26.0 Å². The maximum atomic E-state index is 13.2. The van der Waals surface area contributed by atoms with Crippen LogP contribution in [0.15, 0.2) is 39.9 Å². The van der Waals surface area contributed by atoms with E-state index in [1.807, 2.05) is 0 Å². The summed E-state index contributed by atoms with van der Waals surface area (Å²) in [4.78, 5) is 15.7. The van der Waals surface area contributed by atoms with E-state index in [1.165, 1.54) is 12.1 Å². The first-order chi connectivity index (χ1) is 13.4. The molecule has 1 fully saturated rings. The zero-order chi connectivity index (χ0) is 21.6. The first-order valence-corrected chi connectivity index (χ1v) is 10.6. The zero-order valence-electron chi connectivity index (χ0n) is 15.2. The Balaban J connectivity index is 1.94. The summed E-state index contributed by atoms with van der Waals surface area (Å²) in [5.74, 6) is -1.13. The highest BCUT2D eigenvalue weighted by Gasteiger charge is 2.53. The molecule has 154 valence electrons. The minimum absolute atomic E-state index is 0.0110. The van der Waals surface area contributed by atoms with E-state index in [0.717, 1.165) is 23.5 Å². The number of benzene rings is 1. The van der Waals surface area contributed by atoms with Crippen LogP contribution in [-0.2, 0) is 21.0 Å². The van der Waals surface area contributed by atoms with Gasteiger partial charge in [0.2, 0.25) is 0 Å². The molecule has 1 saturated heterocycles. The third-order valence-corrected chi connectivity index (χ3v) is 7.53. The van der Waals surface area contributed by atoms with Crippen molar-refractivity contribution in [1.82, 2.24) is 4.31 Å². The van der Waals surface area contributed by atoms with Crippen molar-refractivity contribution in [2.45, 2.75) is 30.3 Å². The van der Waals surface area contributed by atoms with Crippen LogP contribution in [-0.4, -0.2) is 31.3 Å². The van der Waals surface area contributed by atoms with E-state index in [4.69, 9.17) is 11.3 Å². The van der Waals surface area contributed by atoms with Crippen molar-refractivity contribution in [1.29, 1.82) is 0 Å². The molecule has 6 nitrogen and oxygen atoms in total. The van der Waals surface area contributed by atoms with Gasteiger partial charge in [0.25, 0.3) is 15.9 Å². The predicted octanol–water partition coefficient (Wildman–Crippen LogP) is 4.32. The van der Waals surface area contributed by atoms with Crippen molar-refractivity contribution in [2.24, 2.45) is 5.41 Å². The van der Waals surface area contributed by atoms with E-state index in [9.17, 15) is 26.4 Å². The molecule has 2 heterocycles. The van der Waals surface area contributed by atoms with E-state index in [0.29, 0.717) is 10.4 Å². The second-order valence-electron chi connectivity index (χ2n) is 7.06. The molecular formula is C18H15F3N2O4S2. The number of alkyl halides is 3. The van der Waals surface area contributed by atoms with Crippen molar-refractivity contribution >= 4 is 33.0 Å². The van der Waals surface area contributed by atoms with Crippen LogP contribution in [0.3, 0.4) is 0 Å². The number of hydrogen-bond acceptors (Lipinski definition) is 5. The summed E-state index contributed by atoms with van der Waals surface area (Å²) in [6, 6.07) is 5.66. The number of amides is 1. The molecule has 29 heavy (non-hydrogen) atoms. The van der Waals surface area contributed by atoms with Crippen LogP contribution < -0.4 is 4.74 Å². The third kappa shape index (κ3) is 3.82. The lowest BCUT2D eigenvalue weighted by Gasteiger charge is -2.24. The fourth-order valence-electron chi connectivity index (χ4n) is 2.98. The first-order valence-electron chi connectivity index (χ1n) is 8.23. The highest BCUT2D eigenvalue weighted by atomic mass is 32.2. The number of hydrogen-bond donors (Lipinski definition) is 0. The van der Waals surface area contributed by atoms with Crippen molar-refractivity contribution in [3.63, 3.8) is 0 Å². The predicted molar refractivity (Wildman–Crippen MR) is 99.1 cm³/mol. The minimum atomic E-state index is -4.77. The fourth-order valence-corrected chi connectivity index (χ4v) is 5.65. The lowest BCUT2D eigenvalue weighted by atomic mass is 9.89. The quantitative estimate of drug-likeness (QED) is 0.659. The van der Waals surface area contributed by atoms with Gasteiger partial charge >= 0.3 is 6.18 Å². The van der Waals surface area contributed by atoms with E-state index in [2.05, 4.69) is 4.85 Å². The lowest BCUT2D eigenvalue weighted by Crippen LogP contribution is -2.38. The van der Waals surface area contributed by atoms with Crippen molar-refractivity contribution < 1.29 is 31.1 Å². The smallest absolute Gasteiger partial charge is 0.407 e. The first kappa shape index (κ1) is 21.1. The number of carbonyl (C=O) groups is 1. The lowest BCUT2D eigenvalue weighted by molar-refractivity contribution is -0.137. The van der Waals surface area contributed by atoms with Gasteiger partial charge in [0, 0.05) is 12.0 Å². The van der Waals surface area contributed by atoms with Crippen LogP contribution in [0.25, 0.3) is 4.85 Å². The number of halogens is 3. The largest absolute Gasteiger partial charge is 0.480 e. The number of sulfonamides is 1. The van der Waals surface area contributed by atoms with Crippen molar-refractivity contribution in [3.8, 4) is 5.75 Å². The van der Waals surface area contributed by atoms with Gasteiger partial charge in [0.05, 0.1) is 12.1 Å². The highest BCUT2D eigenvalue weighted by molar-refractivity contribution is 7.91. The number of ether oxygens (including phenoxy) is 1. The molecule has 1 aromatic heterocycles. The molecule has 0 spiro atoms. The van der Waals surface area contributed by atoms with Gasteiger partial charge in [-0.05, 0) is 23.6 Å². The van der Waals surface area contributed by atoms with Gasteiger partial charge in [-0.15, -0.1) is 11.3 Å². The fraction of sp³-hybridized carbons (Fsp3) is 0.333. The zero-order valence-corrected chi connectivity index (χ0v) is 16.9. The molecule has 0 radical (unpaired) electrons. The summed E-state index contributed by atoms with van der Waals surface area (Å²) in [5.41, 5.74) is -2.77. The van der Waals surface area contributed by atoms with Crippen LogP contribution in [0, 0.1) is 12.0 Å². The van der Waals surface area contributed by atoms with Crippen LogP contribution in [0.5, 0.6) is 5.75 Å². The molecule has 11 heteroatoms.